The second-order valence-corrected chi connectivity index (χ2v) is 9.10. The fraction of sp³-hybridized carbons (Fsp3) is 0. The molecule has 0 bridgehead atoms. The number of pyridine rings is 2. The third-order valence-electron chi connectivity index (χ3n) is 7.02. The topological polar surface area (TPSA) is 55.3 Å². The lowest BCUT2D eigenvalue weighted by Gasteiger charge is -2.27. The molecule has 0 fully saturated rings. The second-order valence-electron chi connectivity index (χ2n) is 9.10. The summed E-state index contributed by atoms with van der Waals surface area (Å²) >= 11 is 0. The third-order valence-corrected chi connectivity index (χ3v) is 7.02. The quantitative estimate of drug-likeness (QED) is 0.254. The van der Waals surface area contributed by atoms with Gasteiger partial charge in [0, 0.05) is 39.6 Å². The summed E-state index contributed by atoms with van der Waals surface area (Å²) in [6, 6.07) is 33.5. The van der Waals surface area contributed by atoms with E-state index >= 15 is 0 Å². The van der Waals surface area contributed by atoms with Crippen molar-refractivity contribution in [2.45, 2.75) is 0 Å². The molecule has 0 aliphatic rings. The normalized spacial score (nSPS) is 11.8. The van der Waals surface area contributed by atoms with Crippen molar-refractivity contribution in [2.75, 3.05) is 4.90 Å². The van der Waals surface area contributed by atoms with Crippen molar-refractivity contribution < 1.29 is 8.83 Å². The molecule has 0 radical (unpaired) electrons. The molecule has 174 valence electrons. The van der Waals surface area contributed by atoms with Crippen LogP contribution in [0.2, 0.25) is 0 Å². The molecule has 5 nitrogen and oxygen atoms in total. The molecule has 0 amide bonds. The predicted octanol–water partition coefficient (Wildman–Crippen LogP) is 8.90. The van der Waals surface area contributed by atoms with Crippen LogP contribution in [-0.4, -0.2) is 9.97 Å². The van der Waals surface area contributed by atoms with Gasteiger partial charge in [-0.1, -0.05) is 42.5 Å². The van der Waals surface area contributed by atoms with Gasteiger partial charge >= 0.3 is 0 Å². The Morgan fingerprint density at radius 1 is 0.568 bits per heavy atom. The van der Waals surface area contributed by atoms with Gasteiger partial charge in [0.25, 0.3) is 0 Å². The van der Waals surface area contributed by atoms with E-state index in [0.29, 0.717) is 5.71 Å². The first-order valence-corrected chi connectivity index (χ1v) is 12.2. The molecule has 0 N–H and O–H groups in total. The summed E-state index contributed by atoms with van der Waals surface area (Å²) in [5.41, 5.74) is 6.18. The van der Waals surface area contributed by atoms with E-state index in [1.165, 1.54) is 5.39 Å². The highest BCUT2D eigenvalue weighted by Gasteiger charge is 2.21. The Morgan fingerprint density at radius 3 is 2.43 bits per heavy atom. The monoisotopic (exact) mass is 477 g/mol. The lowest BCUT2D eigenvalue weighted by Crippen LogP contribution is -2.10. The first-order chi connectivity index (χ1) is 18.3. The maximum Gasteiger partial charge on any atom is 0.227 e. The van der Waals surface area contributed by atoms with E-state index in [1.807, 2.05) is 36.5 Å². The first-order valence-electron chi connectivity index (χ1n) is 12.2. The molecule has 0 spiro atoms. The molecule has 5 heteroatoms. The van der Waals surface area contributed by atoms with Crippen LogP contribution in [0.15, 0.2) is 124 Å². The maximum atomic E-state index is 6.21. The zero-order valence-corrected chi connectivity index (χ0v) is 19.6. The molecule has 0 atom stereocenters. The Kier molecular flexibility index (Phi) is 4.16. The molecule has 4 aromatic heterocycles. The molecule has 37 heavy (non-hydrogen) atoms. The van der Waals surface area contributed by atoms with Gasteiger partial charge in [-0.15, -0.1) is 0 Å². The first kappa shape index (κ1) is 20.1. The van der Waals surface area contributed by atoms with E-state index in [9.17, 15) is 0 Å². The van der Waals surface area contributed by atoms with Crippen LogP contribution in [0.5, 0.6) is 0 Å². The lowest BCUT2D eigenvalue weighted by atomic mass is 10.0. The van der Waals surface area contributed by atoms with Gasteiger partial charge in [0.2, 0.25) is 5.71 Å². The van der Waals surface area contributed by atoms with Gasteiger partial charge in [0.1, 0.15) is 11.2 Å². The van der Waals surface area contributed by atoms with Crippen molar-refractivity contribution in [1.29, 1.82) is 0 Å². The van der Waals surface area contributed by atoms with Gasteiger partial charge in [-0.2, -0.15) is 0 Å². The van der Waals surface area contributed by atoms with E-state index in [1.54, 1.807) is 12.4 Å². The Balaban J connectivity index is 1.49. The molecule has 4 aromatic carbocycles. The molecule has 0 aliphatic heterocycles. The lowest BCUT2D eigenvalue weighted by molar-refractivity contribution is 0.654. The minimum atomic E-state index is 0.641. The van der Waals surface area contributed by atoms with Crippen molar-refractivity contribution in [3.63, 3.8) is 0 Å². The second kappa shape index (κ2) is 7.67. The fourth-order valence-electron chi connectivity index (χ4n) is 5.40. The summed E-state index contributed by atoms with van der Waals surface area (Å²) in [6.45, 7) is 0. The number of aromatic nitrogens is 2. The number of nitrogens with zero attached hydrogens (tertiary/aromatic N) is 3. The molecular weight excluding hydrogens is 458 g/mol. The molecule has 8 rings (SSSR count). The Hall–Kier alpha value is -5.16. The van der Waals surface area contributed by atoms with Crippen LogP contribution in [-0.2, 0) is 0 Å². The van der Waals surface area contributed by atoms with E-state index in [-0.39, 0.29) is 0 Å². The number of furan rings is 2. The van der Waals surface area contributed by atoms with E-state index in [4.69, 9.17) is 8.83 Å². The van der Waals surface area contributed by atoms with Gasteiger partial charge in [0.15, 0.2) is 5.58 Å². The van der Waals surface area contributed by atoms with Crippen molar-refractivity contribution in [3.05, 3.63) is 116 Å². The molecular formula is C32H19N3O2. The average molecular weight is 478 g/mol. The van der Waals surface area contributed by atoms with Gasteiger partial charge in [0.05, 0.1) is 23.0 Å². The smallest absolute Gasteiger partial charge is 0.227 e. The number of benzene rings is 4. The summed E-state index contributed by atoms with van der Waals surface area (Å²) in [5, 5.41) is 6.44. The van der Waals surface area contributed by atoms with Crippen LogP contribution >= 0.6 is 0 Å². The average Bonchev–Trinajstić information content (AvgIpc) is 3.52. The van der Waals surface area contributed by atoms with E-state index < -0.39 is 0 Å². The summed E-state index contributed by atoms with van der Waals surface area (Å²) in [6.07, 6.45) is 5.35. The molecule has 8 aromatic rings. The molecule has 0 aliphatic carbocycles. The number of rotatable bonds is 3. The van der Waals surface area contributed by atoms with Gasteiger partial charge in [-0.25, -0.2) is 4.98 Å². The number of anilines is 3. The van der Waals surface area contributed by atoms with Crippen LogP contribution in [0.4, 0.5) is 17.1 Å². The van der Waals surface area contributed by atoms with Gasteiger partial charge in [-0.3, -0.25) is 4.98 Å². The predicted molar refractivity (Wildman–Crippen MR) is 149 cm³/mol. The number of hydrogen-bond donors (Lipinski definition) is 0. The largest absolute Gasteiger partial charge is 0.454 e. The summed E-state index contributed by atoms with van der Waals surface area (Å²) in [4.78, 5) is 11.0. The van der Waals surface area contributed by atoms with Gasteiger partial charge < -0.3 is 13.7 Å². The summed E-state index contributed by atoms with van der Waals surface area (Å²) in [5.74, 6) is 0. The summed E-state index contributed by atoms with van der Waals surface area (Å²) in [7, 11) is 0. The van der Waals surface area contributed by atoms with Crippen molar-refractivity contribution >= 4 is 71.8 Å². The van der Waals surface area contributed by atoms with Crippen LogP contribution in [0.1, 0.15) is 0 Å². The zero-order chi connectivity index (χ0) is 24.3. The minimum absolute atomic E-state index is 0.641. The number of hydrogen-bond acceptors (Lipinski definition) is 5. The molecule has 0 saturated carbocycles. The maximum absolute atomic E-state index is 6.21. The van der Waals surface area contributed by atoms with Gasteiger partial charge in [-0.05, 0) is 60.0 Å². The van der Waals surface area contributed by atoms with Crippen molar-refractivity contribution in [1.82, 2.24) is 9.97 Å². The standard InChI is InChI=1S/C32H19N3O2/c1-2-8-22-20(6-1)7-3-10-26(22)35(21-13-14-28-25(18-21)23-9-5-16-34-32(23)37-28)27-11-4-12-29-31(27)24-15-17-33-19-30(24)36-29/h1-19H. The van der Waals surface area contributed by atoms with Crippen LogP contribution in [0.25, 0.3) is 54.8 Å². The van der Waals surface area contributed by atoms with E-state index in [0.717, 1.165) is 60.7 Å². The molecule has 0 saturated heterocycles. The highest BCUT2D eigenvalue weighted by Crippen LogP contribution is 2.45. The number of fused-ring (bicyclic) bond motifs is 7. The van der Waals surface area contributed by atoms with Crippen molar-refractivity contribution in [2.24, 2.45) is 0 Å². The van der Waals surface area contributed by atoms with Crippen molar-refractivity contribution in [3.8, 4) is 0 Å². The Morgan fingerprint density at radius 2 is 1.43 bits per heavy atom. The fourth-order valence-corrected chi connectivity index (χ4v) is 5.40. The highest BCUT2D eigenvalue weighted by atomic mass is 16.3. The van der Waals surface area contributed by atoms with Crippen LogP contribution < -0.4 is 4.90 Å². The minimum Gasteiger partial charge on any atom is -0.454 e. The summed E-state index contributed by atoms with van der Waals surface area (Å²) < 4.78 is 12.2. The Labute approximate surface area is 211 Å². The highest BCUT2D eigenvalue weighted by molar-refractivity contribution is 6.15. The van der Waals surface area contributed by atoms with Crippen LogP contribution in [0.3, 0.4) is 0 Å². The Bertz CT molecular complexity index is 2120. The molecule has 0 unspecified atom stereocenters. The third kappa shape index (κ3) is 2.98. The zero-order valence-electron chi connectivity index (χ0n) is 19.6. The van der Waals surface area contributed by atoms with E-state index in [2.05, 4.69) is 81.6 Å². The SMILES string of the molecule is c1ccc2c(N(c3ccc4oc5ncccc5c4c3)c3cccc4oc5cnccc5c34)cccc2c1. The van der Waals surface area contributed by atoms with Crippen LogP contribution in [0, 0.1) is 0 Å². The molecule has 4 heterocycles.